The minimum absolute atomic E-state index is 0.0471. The number of carbonyl (C=O) groups excluding carboxylic acids is 1. The smallest absolute Gasteiger partial charge is 0.251 e. The average molecular weight is 360 g/mol. The quantitative estimate of drug-likeness (QED) is 0.797. The second-order valence-electron chi connectivity index (χ2n) is 3.88. The lowest BCUT2D eigenvalue weighted by Crippen LogP contribution is -2.36. The predicted octanol–water partition coefficient (Wildman–Crippen LogP) is 3.07. The van der Waals surface area contributed by atoms with Crippen molar-refractivity contribution < 1.29 is 4.79 Å². The molecular weight excluding hydrogens is 348 g/mol. The van der Waals surface area contributed by atoms with Crippen molar-refractivity contribution in [3.63, 3.8) is 0 Å². The third kappa shape index (κ3) is 2.78. The van der Waals surface area contributed by atoms with Crippen LogP contribution >= 0.6 is 31.9 Å². The highest BCUT2D eigenvalue weighted by Crippen LogP contribution is 2.31. The van der Waals surface area contributed by atoms with Crippen LogP contribution in [0.4, 0.5) is 5.69 Å². The van der Waals surface area contributed by atoms with Gasteiger partial charge in [-0.15, -0.1) is 0 Å². The van der Waals surface area contributed by atoms with E-state index >= 15 is 0 Å². The van der Waals surface area contributed by atoms with Gasteiger partial charge in [0.25, 0.3) is 5.91 Å². The van der Waals surface area contributed by atoms with Crippen molar-refractivity contribution in [1.82, 2.24) is 5.32 Å². The highest BCUT2D eigenvalue weighted by atomic mass is 79.9. The molecule has 0 aliphatic carbocycles. The molecule has 1 aromatic carbocycles. The maximum absolute atomic E-state index is 12.0. The number of nitrogens with one attached hydrogen (secondary N) is 2. The third-order valence-corrected chi connectivity index (χ3v) is 4.07. The fourth-order valence-corrected chi connectivity index (χ4v) is 2.70. The minimum atomic E-state index is -0.0471. The molecule has 2 N–H and O–H groups in total. The molecule has 1 fully saturated rings. The van der Waals surface area contributed by atoms with E-state index < -0.39 is 0 Å². The van der Waals surface area contributed by atoms with E-state index in [9.17, 15) is 4.79 Å². The Morgan fingerprint density at radius 1 is 1.29 bits per heavy atom. The van der Waals surface area contributed by atoms with E-state index in [4.69, 9.17) is 0 Å². The SMILES string of the molecule is CC(C(=O)Nc1c(Br)cccc1Br)=C1CNC1. The summed E-state index contributed by atoms with van der Waals surface area (Å²) in [6.07, 6.45) is 0. The summed E-state index contributed by atoms with van der Waals surface area (Å²) in [6, 6.07) is 5.70. The molecule has 0 spiro atoms. The van der Waals surface area contributed by atoms with Gasteiger partial charge in [-0.25, -0.2) is 0 Å². The summed E-state index contributed by atoms with van der Waals surface area (Å²) in [6.45, 7) is 3.49. The van der Waals surface area contributed by atoms with Gasteiger partial charge in [-0.05, 0) is 56.5 Å². The van der Waals surface area contributed by atoms with Gasteiger partial charge < -0.3 is 10.6 Å². The molecule has 90 valence electrons. The standard InChI is InChI=1S/C12H12Br2N2O/c1-7(8-5-15-6-8)12(17)16-11-9(13)3-2-4-10(11)14/h2-4,15H,5-6H2,1H3,(H,16,17). The number of anilines is 1. The van der Waals surface area contributed by atoms with E-state index in [1.165, 1.54) is 5.57 Å². The lowest BCUT2D eigenvalue weighted by molar-refractivity contribution is -0.112. The fraction of sp³-hybridized carbons (Fsp3) is 0.250. The fourth-order valence-electron chi connectivity index (χ4n) is 1.50. The predicted molar refractivity (Wildman–Crippen MR) is 76.0 cm³/mol. The van der Waals surface area contributed by atoms with E-state index in [2.05, 4.69) is 42.5 Å². The lowest BCUT2D eigenvalue weighted by atomic mass is 10.0. The summed E-state index contributed by atoms with van der Waals surface area (Å²) in [5.41, 5.74) is 2.74. The van der Waals surface area contributed by atoms with Crippen LogP contribution in [0.2, 0.25) is 0 Å². The number of carbonyl (C=O) groups is 1. The number of benzene rings is 1. The van der Waals surface area contributed by atoms with Crippen molar-refractivity contribution in [2.45, 2.75) is 6.92 Å². The van der Waals surface area contributed by atoms with E-state index in [1.54, 1.807) is 0 Å². The second kappa shape index (κ2) is 5.33. The van der Waals surface area contributed by atoms with Crippen molar-refractivity contribution in [2.75, 3.05) is 18.4 Å². The van der Waals surface area contributed by atoms with Crippen molar-refractivity contribution in [1.29, 1.82) is 0 Å². The van der Waals surface area contributed by atoms with Crippen LogP contribution in [0, 0.1) is 0 Å². The van der Waals surface area contributed by atoms with Crippen LogP contribution in [-0.2, 0) is 4.79 Å². The van der Waals surface area contributed by atoms with Crippen LogP contribution in [0.15, 0.2) is 38.3 Å². The molecule has 0 bridgehead atoms. The second-order valence-corrected chi connectivity index (χ2v) is 5.59. The molecule has 1 amide bonds. The van der Waals surface area contributed by atoms with E-state index in [0.29, 0.717) is 0 Å². The minimum Gasteiger partial charge on any atom is -0.320 e. The molecule has 1 saturated heterocycles. The van der Waals surface area contributed by atoms with Gasteiger partial charge in [-0.1, -0.05) is 6.07 Å². The van der Waals surface area contributed by atoms with Gasteiger partial charge in [0.05, 0.1) is 5.69 Å². The number of hydrogen-bond donors (Lipinski definition) is 2. The molecular formula is C12H12Br2N2O. The Kier molecular flexibility index (Phi) is 4.01. The molecule has 1 aromatic rings. The summed E-state index contributed by atoms with van der Waals surface area (Å²) in [5, 5.41) is 6.04. The van der Waals surface area contributed by atoms with Crippen molar-refractivity contribution in [3.8, 4) is 0 Å². The van der Waals surface area contributed by atoms with Gasteiger partial charge in [0.2, 0.25) is 0 Å². The Hall–Kier alpha value is -0.650. The first-order valence-corrected chi connectivity index (χ1v) is 6.83. The molecule has 3 nitrogen and oxygen atoms in total. The van der Waals surface area contributed by atoms with Crippen LogP contribution in [0.5, 0.6) is 0 Å². The molecule has 1 heterocycles. The summed E-state index contributed by atoms with van der Waals surface area (Å²) < 4.78 is 1.73. The van der Waals surface area contributed by atoms with Crippen LogP contribution < -0.4 is 10.6 Å². The Balaban J connectivity index is 2.19. The van der Waals surface area contributed by atoms with Gasteiger partial charge >= 0.3 is 0 Å². The first-order valence-electron chi connectivity index (χ1n) is 5.24. The summed E-state index contributed by atoms with van der Waals surface area (Å²) in [7, 11) is 0. The molecule has 0 saturated carbocycles. The number of halogens is 2. The molecule has 0 unspecified atom stereocenters. The maximum atomic E-state index is 12.0. The van der Waals surface area contributed by atoms with Crippen molar-refractivity contribution >= 4 is 43.5 Å². The Bertz CT molecular complexity index is 471. The van der Waals surface area contributed by atoms with E-state index in [0.717, 1.165) is 33.3 Å². The van der Waals surface area contributed by atoms with Crippen LogP contribution in [0.25, 0.3) is 0 Å². The Morgan fingerprint density at radius 3 is 2.35 bits per heavy atom. The normalized spacial score (nSPS) is 14.2. The molecule has 0 aromatic heterocycles. The monoisotopic (exact) mass is 358 g/mol. The molecule has 1 aliphatic rings. The van der Waals surface area contributed by atoms with Crippen molar-refractivity contribution in [3.05, 3.63) is 38.3 Å². The number of amides is 1. The highest BCUT2D eigenvalue weighted by molar-refractivity contribution is 9.11. The number of hydrogen-bond acceptors (Lipinski definition) is 2. The number of para-hydroxylation sites is 1. The molecule has 1 aliphatic heterocycles. The van der Waals surface area contributed by atoms with E-state index in [1.807, 2.05) is 25.1 Å². The van der Waals surface area contributed by atoms with Gasteiger partial charge in [-0.2, -0.15) is 0 Å². The Labute approximate surface area is 117 Å². The summed E-state index contributed by atoms with van der Waals surface area (Å²) in [5.74, 6) is -0.0471. The van der Waals surface area contributed by atoms with E-state index in [-0.39, 0.29) is 5.91 Å². The maximum Gasteiger partial charge on any atom is 0.251 e. The van der Waals surface area contributed by atoms with Gasteiger partial charge in [0.15, 0.2) is 0 Å². The van der Waals surface area contributed by atoms with Gasteiger partial charge in [-0.3, -0.25) is 4.79 Å². The first-order chi connectivity index (χ1) is 8.09. The summed E-state index contributed by atoms with van der Waals surface area (Å²) in [4.78, 5) is 12.0. The number of rotatable bonds is 2. The molecule has 0 radical (unpaired) electrons. The van der Waals surface area contributed by atoms with Crippen molar-refractivity contribution in [2.24, 2.45) is 0 Å². The first kappa shape index (κ1) is 12.8. The van der Waals surface area contributed by atoms with Crippen LogP contribution in [-0.4, -0.2) is 19.0 Å². The van der Waals surface area contributed by atoms with Gasteiger partial charge in [0, 0.05) is 27.6 Å². The largest absolute Gasteiger partial charge is 0.320 e. The molecule has 5 heteroatoms. The molecule has 2 rings (SSSR count). The third-order valence-electron chi connectivity index (χ3n) is 2.75. The highest BCUT2D eigenvalue weighted by Gasteiger charge is 2.17. The average Bonchev–Trinajstić information content (AvgIpc) is 2.21. The molecule has 0 atom stereocenters. The Morgan fingerprint density at radius 2 is 1.88 bits per heavy atom. The topological polar surface area (TPSA) is 41.1 Å². The zero-order valence-electron chi connectivity index (χ0n) is 9.31. The van der Waals surface area contributed by atoms with Crippen LogP contribution in [0.1, 0.15) is 6.92 Å². The summed E-state index contributed by atoms with van der Waals surface area (Å²) >= 11 is 6.84. The molecule has 17 heavy (non-hydrogen) atoms. The zero-order chi connectivity index (χ0) is 12.4. The zero-order valence-corrected chi connectivity index (χ0v) is 12.5. The lowest BCUT2D eigenvalue weighted by Gasteiger charge is -2.21. The van der Waals surface area contributed by atoms with Crippen LogP contribution in [0.3, 0.4) is 0 Å². The van der Waals surface area contributed by atoms with Gasteiger partial charge in [0.1, 0.15) is 0 Å².